The van der Waals surface area contributed by atoms with Crippen LogP contribution in [0, 0.1) is 0 Å². The van der Waals surface area contributed by atoms with E-state index in [1.54, 1.807) is 6.07 Å². The maximum Gasteiger partial charge on any atom is 0.301 e. The van der Waals surface area contributed by atoms with Gasteiger partial charge < -0.3 is 24.7 Å². The Bertz CT molecular complexity index is 1260. The van der Waals surface area contributed by atoms with Crippen molar-refractivity contribution in [3.05, 3.63) is 53.3 Å². The second kappa shape index (κ2) is 10.2. The molecule has 4 rings (SSSR count). The van der Waals surface area contributed by atoms with E-state index in [-0.39, 0.29) is 18.0 Å². The molecule has 1 aliphatic rings. The minimum atomic E-state index is -3.78. The van der Waals surface area contributed by atoms with Crippen molar-refractivity contribution in [3.8, 4) is 11.5 Å². The van der Waals surface area contributed by atoms with Gasteiger partial charge in [0.25, 0.3) is 0 Å². The smallest absolute Gasteiger partial charge is 0.301 e. The molecule has 1 unspecified atom stereocenters. The highest BCUT2D eigenvalue weighted by molar-refractivity contribution is 7.90. The lowest BCUT2D eigenvalue weighted by Crippen LogP contribution is -2.29. The number of anilines is 1. The summed E-state index contributed by atoms with van der Waals surface area (Å²) in [5.41, 5.74) is 2.66. The SMILES string of the molecule is CN(C)S(=O)(=O)Nc1cc(C(O)CNCCOc2ccc3c4c(oc3c2)CCCC4)ccc1O. The molecule has 0 spiro atoms. The minimum absolute atomic E-state index is 0.00332. The van der Waals surface area contributed by atoms with Gasteiger partial charge in [-0.3, -0.25) is 4.72 Å². The van der Waals surface area contributed by atoms with Crippen LogP contribution in [0.1, 0.15) is 35.8 Å². The molecular formula is C24H31N3O6S. The lowest BCUT2D eigenvalue weighted by molar-refractivity contribution is 0.172. The van der Waals surface area contributed by atoms with Crippen molar-refractivity contribution in [2.75, 3.05) is 38.5 Å². The van der Waals surface area contributed by atoms with Gasteiger partial charge in [0.2, 0.25) is 0 Å². The van der Waals surface area contributed by atoms with Crippen molar-refractivity contribution in [3.63, 3.8) is 0 Å². The van der Waals surface area contributed by atoms with Crippen molar-refractivity contribution >= 4 is 26.9 Å². The number of phenolic OH excluding ortho intramolecular Hbond substituents is 1. The Morgan fingerprint density at radius 2 is 1.94 bits per heavy atom. The zero-order valence-corrected chi connectivity index (χ0v) is 20.2. The van der Waals surface area contributed by atoms with Crippen molar-refractivity contribution in [1.29, 1.82) is 0 Å². The molecule has 0 amide bonds. The number of aromatic hydroxyl groups is 1. The van der Waals surface area contributed by atoms with Gasteiger partial charge >= 0.3 is 10.2 Å². The van der Waals surface area contributed by atoms with Gasteiger partial charge in [-0.25, -0.2) is 0 Å². The fourth-order valence-electron chi connectivity index (χ4n) is 4.00. The van der Waals surface area contributed by atoms with Gasteiger partial charge in [0, 0.05) is 50.6 Å². The number of hydrogen-bond acceptors (Lipinski definition) is 7. The molecule has 0 fully saturated rings. The Morgan fingerprint density at radius 1 is 1.15 bits per heavy atom. The molecule has 9 nitrogen and oxygen atoms in total. The number of ether oxygens (including phenoxy) is 1. The van der Waals surface area contributed by atoms with Crippen molar-refractivity contribution in [2.24, 2.45) is 0 Å². The van der Waals surface area contributed by atoms with E-state index in [1.165, 1.54) is 50.0 Å². The average Bonchev–Trinajstić information content (AvgIpc) is 3.17. The number of fused-ring (bicyclic) bond motifs is 3. The van der Waals surface area contributed by atoms with Crippen molar-refractivity contribution < 1.29 is 27.8 Å². The van der Waals surface area contributed by atoms with E-state index in [4.69, 9.17) is 9.15 Å². The zero-order valence-electron chi connectivity index (χ0n) is 19.4. The minimum Gasteiger partial charge on any atom is -0.506 e. The topological polar surface area (TPSA) is 124 Å². The van der Waals surface area contributed by atoms with Crippen LogP contribution in [-0.2, 0) is 23.1 Å². The highest BCUT2D eigenvalue weighted by Gasteiger charge is 2.19. The van der Waals surface area contributed by atoms with E-state index in [2.05, 4.69) is 16.1 Å². The fourth-order valence-corrected chi connectivity index (χ4v) is 4.63. The summed E-state index contributed by atoms with van der Waals surface area (Å²) < 4.78 is 39.2. The number of hydrogen-bond donors (Lipinski definition) is 4. The summed E-state index contributed by atoms with van der Waals surface area (Å²) in [6.45, 7) is 1.14. The van der Waals surface area contributed by atoms with Crippen LogP contribution in [0.5, 0.6) is 11.5 Å². The third kappa shape index (κ3) is 5.47. The summed E-state index contributed by atoms with van der Waals surface area (Å²) in [7, 11) is -1.02. The maximum absolute atomic E-state index is 12.0. The number of benzene rings is 2. The zero-order chi connectivity index (χ0) is 24.3. The molecule has 0 saturated heterocycles. The number of nitrogens with one attached hydrogen (secondary N) is 2. The van der Waals surface area contributed by atoms with Crippen LogP contribution >= 0.6 is 0 Å². The number of phenols is 1. The molecular weight excluding hydrogens is 458 g/mol. The van der Waals surface area contributed by atoms with Crippen molar-refractivity contribution in [1.82, 2.24) is 9.62 Å². The van der Waals surface area contributed by atoms with Crippen LogP contribution in [-0.4, -0.2) is 56.7 Å². The molecule has 1 aromatic heterocycles. The van der Waals surface area contributed by atoms with E-state index in [1.807, 2.05) is 12.1 Å². The molecule has 0 aliphatic heterocycles. The van der Waals surface area contributed by atoms with E-state index >= 15 is 0 Å². The average molecular weight is 490 g/mol. The van der Waals surface area contributed by atoms with Gasteiger partial charge in [-0.1, -0.05) is 6.07 Å². The summed E-state index contributed by atoms with van der Waals surface area (Å²) in [5.74, 6) is 1.61. The summed E-state index contributed by atoms with van der Waals surface area (Å²) in [6, 6.07) is 10.2. The first-order chi connectivity index (χ1) is 16.2. The van der Waals surface area contributed by atoms with Crippen LogP contribution in [0.2, 0.25) is 0 Å². The third-order valence-electron chi connectivity index (χ3n) is 5.94. The maximum atomic E-state index is 12.0. The molecule has 10 heteroatoms. The normalized spacial score (nSPS) is 14.8. The number of aliphatic hydroxyl groups excluding tert-OH is 1. The molecule has 4 N–H and O–H groups in total. The first kappa shape index (κ1) is 24.3. The van der Waals surface area contributed by atoms with E-state index in [0.29, 0.717) is 18.7 Å². The van der Waals surface area contributed by atoms with Gasteiger partial charge in [0.05, 0.1) is 11.8 Å². The quantitative estimate of drug-likeness (QED) is 0.255. The number of nitrogens with zero attached hydrogens (tertiary/aromatic N) is 1. The molecule has 2 aromatic carbocycles. The van der Waals surface area contributed by atoms with Crippen LogP contribution in [0.4, 0.5) is 5.69 Å². The highest BCUT2D eigenvalue weighted by Crippen LogP contribution is 2.33. The lowest BCUT2D eigenvalue weighted by Gasteiger charge is -2.17. The fraction of sp³-hybridized carbons (Fsp3) is 0.417. The number of furan rings is 1. The third-order valence-corrected chi connectivity index (χ3v) is 7.38. The summed E-state index contributed by atoms with van der Waals surface area (Å²) >= 11 is 0. The second-order valence-corrected chi connectivity index (χ2v) is 10.5. The molecule has 1 heterocycles. The number of rotatable bonds is 10. The largest absolute Gasteiger partial charge is 0.506 e. The Labute approximate surface area is 199 Å². The second-order valence-electron chi connectivity index (χ2n) is 8.60. The first-order valence-corrected chi connectivity index (χ1v) is 12.8. The molecule has 0 saturated carbocycles. The molecule has 1 aliphatic carbocycles. The van der Waals surface area contributed by atoms with E-state index < -0.39 is 16.3 Å². The Hall–Kier alpha value is -2.79. The Balaban J connectivity index is 1.27. The van der Waals surface area contributed by atoms with Gasteiger partial charge in [-0.05, 0) is 49.1 Å². The first-order valence-electron chi connectivity index (χ1n) is 11.3. The van der Waals surface area contributed by atoms with Crippen molar-refractivity contribution in [2.45, 2.75) is 31.8 Å². The van der Waals surface area contributed by atoms with Crippen LogP contribution in [0.3, 0.4) is 0 Å². The van der Waals surface area contributed by atoms with E-state index in [0.717, 1.165) is 34.2 Å². The predicted octanol–water partition coefficient (Wildman–Crippen LogP) is 2.94. The monoisotopic (exact) mass is 489 g/mol. The Morgan fingerprint density at radius 3 is 2.74 bits per heavy atom. The highest BCUT2D eigenvalue weighted by atomic mass is 32.2. The van der Waals surface area contributed by atoms with Gasteiger partial charge in [-0.15, -0.1) is 0 Å². The van der Waals surface area contributed by atoms with E-state index in [9.17, 15) is 18.6 Å². The van der Waals surface area contributed by atoms with Crippen LogP contribution in [0.15, 0.2) is 40.8 Å². The predicted molar refractivity (Wildman–Crippen MR) is 131 cm³/mol. The molecule has 3 aromatic rings. The summed E-state index contributed by atoms with van der Waals surface area (Å²) in [5, 5.41) is 24.7. The summed E-state index contributed by atoms with van der Waals surface area (Å²) in [6.07, 6.45) is 3.54. The molecule has 0 radical (unpaired) electrons. The van der Waals surface area contributed by atoms with Crippen LogP contribution < -0.4 is 14.8 Å². The number of aliphatic hydroxyl groups is 1. The molecule has 0 bridgehead atoms. The summed E-state index contributed by atoms with van der Waals surface area (Å²) in [4.78, 5) is 0. The molecule has 184 valence electrons. The Kier molecular flexibility index (Phi) is 7.32. The standard InChI is InChI=1S/C24H31N3O6S/c1-27(2)34(30,31)26-20-13-16(7-10-21(20)28)22(29)15-25-11-12-32-17-8-9-19-18-5-3-4-6-23(18)33-24(19)14-17/h7-10,13-14,22,25-26,28-29H,3-6,11-12,15H2,1-2H3. The number of aryl methyl sites for hydroxylation is 2. The molecule has 1 atom stereocenters. The van der Waals surface area contributed by atoms with Crippen LogP contribution in [0.25, 0.3) is 11.0 Å². The lowest BCUT2D eigenvalue weighted by atomic mass is 9.96. The van der Waals surface area contributed by atoms with Gasteiger partial charge in [0.1, 0.15) is 29.4 Å². The van der Waals surface area contributed by atoms with Gasteiger partial charge in [-0.2, -0.15) is 12.7 Å². The molecule has 34 heavy (non-hydrogen) atoms. The van der Waals surface area contributed by atoms with Gasteiger partial charge in [0.15, 0.2) is 0 Å².